The van der Waals surface area contributed by atoms with E-state index in [9.17, 15) is 24.6 Å². The first-order valence-electron chi connectivity index (χ1n) is 20.2. The highest BCUT2D eigenvalue weighted by Gasteiger charge is 2.37. The maximum Gasteiger partial charge on any atom is 0.408 e. The molecule has 8 rings (SSSR count). The maximum atomic E-state index is 13.2. The molecule has 1 saturated carbocycles. The van der Waals surface area contributed by atoms with Crippen LogP contribution in [0.4, 0.5) is 4.79 Å². The minimum atomic E-state index is -0.821. The zero-order chi connectivity index (χ0) is 38.9. The largest absolute Gasteiger partial charge is 0.506 e. The summed E-state index contributed by atoms with van der Waals surface area (Å²) in [5.41, 5.74) is 2.49. The number of benzene rings is 3. The SMILES string of the molecule is O=C(NC(c1ccccc1)c1cccc(OC[C@H]2CC[C@H](C(=O)OCCCCNCC(O)c3ccc(O)c4[nH]c(=O)ccc34)CC2)c1)O[C@H]1CN2CCC1CC2. The Balaban J connectivity index is 0.803. The Bertz CT molecular complexity index is 1970. The van der Waals surface area contributed by atoms with E-state index in [0.29, 0.717) is 61.0 Å². The number of carbonyl (C=O) groups excluding carboxylic acids is 2. The third-order valence-corrected chi connectivity index (χ3v) is 11.7. The number of pyridine rings is 1. The Morgan fingerprint density at radius 2 is 1.68 bits per heavy atom. The monoisotopic (exact) mass is 766 g/mol. The minimum Gasteiger partial charge on any atom is -0.506 e. The minimum absolute atomic E-state index is 0.0430. The van der Waals surface area contributed by atoms with Gasteiger partial charge in [0.05, 0.1) is 36.8 Å². The topological polar surface area (TPSA) is 162 Å². The predicted molar refractivity (Wildman–Crippen MR) is 212 cm³/mol. The first-order chi connectivity index (χ1) is 27.3. The van der Waals surface area contributed by atoms with Crippen molar-refractivity contribution in [3.8, 4) is 11.5 Å². The highest BCUT2D eigenvalue weighted by molar-refractivity contribution is 5.87. The van der Waals surface area contributed by atoms with E-state index >= 15 is 0 Å². The van der Waals surface area contributed by atoms with E-state index in [1.165, 1.54) is 12.1 Å². The zero-order valence-corrected chi connectivity index (χ0v) is 31.9. The average Bonchev–Trinajstić information content (AvgIpc) is 3.23. The van der Waals surface area contributed by atoms with E-state index in [0.717, 1.165) is 81.5 Å². The number of aromatic hydroxyl groups is 1. The molecule has 298 valence electrons. The standard InChI is InChI=1S/C44H54N4O8/c49-37-17-15-35(36-16-18-40(51)46-42(36)37)38(50)26-45-21-4-5-24-54-43(52)32-13-11-29(12-14-32)28-55-34-10-6-9-33(25-34)41(31-7-2-1-3-8-31)47-44(53)56-39-27-48-22-19-30(39)20-23-48/h1-3,6-10,15-18,25,29-30,32,38-39,41,45,49-50H,4-5,11-14,19-24,26-28H2,(H,46,51)(H,47,53)/t29-,32-,38?,39-,41?/m0/s1. The van der Waals surface area contributed by atoms with Crippen molar-refractivity contribution in [1.29, 1.82) is 0 Å². The fourth-order valence-electron chi connectivity index (χ4n) is 8.44. The first kappa shape index (κ1) is 39.3. The summed E-state index contributed by atoms with van der Waals surface area (Å²) in [6.07, 6.45) is 5.67. The molecule has 4 aromatic rings. The summed E-state index contributed by atoms with van der Waals surface area (Å²) in [4.78, 5) is 42.7. The van der Waals surface area contributed by atoms with Gasteiger partial charge >= 0.3 is 12.1 Å². The number of hydrogen-bond acceptors (Lipinski definition) is 10. The lowest BCUT2D eigenvalue weighted by Crippen LogP contribution is -2.52. The smallest absolute Gasteiger partial charge is 0.408 e. The Morgan fingerprint density at radius 3 is 2.45 bits per heavy atom. The van der Waals surface area contributed by atoms with Crippen molar-refractivity contribution in [3.63, 3.8) is 0 Å². The summed E-state index contributed by atoms with van der Waals surface area (Å²) in [5, 5.41) is 27.8. The summed E-state index contributed by atoms with van der Waals surface area (Å²) in [6.45, 7) is 4.85. The summed E-state index contributed by atoms with van der Waals surface area (Å²) in [7, 11) is 0. The lowest BCUT2D eigenvalue weighted by atomic mass is 9.82. The van der Waals surface area contributed by atoms with E-state index in [4.69, 9.17) is 14.2 Å². The van der Waals surface area contributed by atoms with Crippen molar-refractivity contribution >= 4 is 23.0 Å². The van der Waals surface area contributed by atoms with Crippen LogP contribution >= 0.6 is 0 Å². The van der Waals surface area contributed by atoms with E-state index in [1.54, 1.807) is 12.1 Å². The van der Waals surface area contributed by atoms with Gasteiger partial charge in [0.2, 0.25) is 5.56 Å². The number of H-pyrrole nitrogens is 1. The Kier molecular flexibility index (Phi) is 13.2. The van der Waals surface area contributed by atoms with Crippen LogP contribution in [-0.4, -0.2) is 84.2 Å². The number of aromatic nitrogens is 1. The number of amides is 1. The molecule has 12 nitrogen and oxygen atoms in total. The number of alkyl carbamates (subject to hydrolysis) is 1. The second kappa shape index (κ2) is 18.8. The fourth-order valence-corrected chi connectivity index (χ4v) is 8.44. The van der Waals surface area contributed by atoms with Gasteiger partial charge in [-0.05, 0) is 124 Å². The fraction of sp³-hybridized carbons (Fsp3) is 0.477. The molecule has 0 radical (unpaired) electrons. The van der Waals surface area contributed by atoms with Crippen molar-refractivity contribution in [2.24, 2.45) is 17.8 Å². The molecule has 3 atom stereocenters. The normalized spacial score (nSPS) is 22.9. The Labute approximate surface area is 327 Å². The number of carbonyl (C=O) groups is 2. The lowest BCUT2D eigenvalue weighted by molar-refractivity contribution is -0.150. The third kappa shape index (κ3) is 10.1. The number of esters is 1. The van der Waals surface area contributed by atoms with Crippen LogP contribution < -0.4 is 20.9 Å². The van der Waals surface area contributed by atoms with Gasteiger partial charge in [-0.1, -0.05) is 48.5 Å². The number of rotatable bonds is 16. The molecule has 1 aromatic heterocycles. The van der Waals surface area contributed by atoms with Crippen LogP contribution in [0.1, 0.15) is 80.2 Å². The van der Waals surface area contributed by atoms with Gasteiger partial charge in [0.15, 0.2) is 0 Å². The van der Waals surface area contributed by atoms with Crippen molar-refractivity contribution in [2.45, 2.75) is 69.6 Å². The summed E-state index contributed by atoms with van der Waals surface area (Å²) < 4.78 is 17.9. The van der Waals surface area contributed by atoms with E-state index in [2.05, 4.69) is 20.5 Å². The second-order valence-corrected chi connectivity index (χ2v) is 15.6. The molecule has 2 unspecified atom stereocenters. The molecule has 4 aliphatic rings. The Morgan fingerprint density at radius 1 is 0.893 bits per heavy atom. The number of piperidine rings is 3. The third-order valence-electron chi connectivity index (χ3n) is 11.7. The van der Waals surface area contributed by atoms with Crippen LogP contribution in [0.2, 0.25) is 0 Å². The number of ether oxygens (including phenoxy) is 3. The van der Waals surface area contributed by atoms with Gasteiger partial charge in [0.1, 0.15) is 17.6 Å². The number of phenols is 1. The van der Waals surface area contributed by atoms with Gasteiger partial charge in [-0.25, -0.2) is 4.79 Å². The molecule has 1 amide bonds. The van der Waals surface area contributed by atoms with Gasteiger partial charge in [-0.3, -0.25) is 14.5 Å². The highest BCUT2D eigenvalue weighted by Crippen LogP contribution is 2.33. The van der Waals surface area contributed by atoms with Crippen molar-refractivity contribution in [2.75, 3.05) is 45.9 Å². The molecule has 2 bridgehead atoms. The zero-order valence-electron chi connectivity index (χ0n) is 31.9. The lowest BCUT2D eigenvalue weighted by Gasteiger charge is -2.43. The second-order valence-electron chi connectivity index (χ2n) is 15.6. The number of nitrogens with one attached hydrogen (secondary N) is 3. The molecule has 12 heteroatoms. The number of nitrogens with zero attached hydrogens (tertiary/aromatic N) is 1. The average molecular weight is 767 g/mol. The van der Waals surface area contributed by atoms with Crippen LogP contribution in [0.3, 0.4) is 0 Å². The number of unbranched alkanes of at least 4 members (excludes halogenated alkanes) is 1. The molecular formula is C44H54N4O8. The van der Waals surface area contributed by atoms with Crippen molar-refractivity contribution in [1.82, 2.24) is 20.5 Å². The van der Waals surface area contributed by atoms with E-state index in [1.807, 2.05) is 54.6 Å². The van der Waals surface area contributed by atoms with Gasteiger partial charge in [-0.15, -0.1) is 0 Å². The summed E-state index contributed by atoms with van der Waals surface area (Å²) >= 11 is 0. The maximum absolute atomic E-state index is 13.2. The van der Waals surface area contributed by atoms with E-state index < -0.39 is 12.2 Å². The molecule has 3 aromatic carbocycles. The van der Waals surface area contributed by atoms with Gasteiger partial charge < -0.3 is 40.0 Å². The molecule has 4 heterocycles. The quantitative estimate of drug-likeness (QED) is 0.0678. The van der Waals surface area contributed by atoms with E-state index in [-0.39, 0.29) is 35.3 Å². The van der Waals surface area contributed by atoms with Crippen LogP contribution in [0.15, 0.2) is 83.7 Å². The Hall–Kier alpha value is -4.91. The van der Waals surface area contributed by atoms with Gasteiger partial charge in [0.25, 0.3) is 0 Å². The van der Waals surface area contributed by atoms with Crippen LogP contribution in [0.25, 0.3) is 10.9 Å². The number of fused-ring (bicyclic) bond motifs is 4. The van der Waals surface area contributed by atoms with Crippen LogP contribution in [0, 0.1) is 17.8 Å². The number of aromatic amines is 1. The molecule has 3 aliphatic heterocycles. The summed E-state index contributed by atoms with van der Waals surface area (Å²) in [5.74, 6) is 1.24. The molecule has 56 heavy (non-hydrogen) atoms. The predicted octanol–water partition coefficient (Wildman–Crippen LogP) is 5.98. The summed E-state index contributed by atoms with van der Waals surface area (Å²) in [6, 6.07) is 23.5. The number of hydrogen-bond donors (Lipinski definition) is 5. The number of phenolic OH excluding ortho intramolecular Hbond substituents is 1. The molecule has 4 fully saturated rings. The molecule has 0 spiro atoms. The van der Waals surface area contributed by atoms with Gasteiger partial charge in [0, 0.05) is 24.5 Å². The van der Waals surface area contributed by atoms with Crippen molar-refractivity contribution < 1.29 is 34.0 Å². The number of aliphatic hydroxyl groups is 1. The molecule has 3 saturated heterocycles. The van der Waals surface area contributed by atoms with Gasteiger partial charge in [-0.2, -0.15) is 0 Å². The van der Waals surface area contributed by atoms with Crippen molar-refractivity contribution in [3.05, 3.63) is 106 Å². The van der Waals surface area contributed by atoms with Crippen LogP contribution in [0.5, 0.6) is 11.5 Å². The molecule has 5 N–H and O–H groups in total. The molecular weight excluding hydrogens is 713 g/mol. The number of aliphatic hydroxyl groups excluding tert-OH is 1. The first-order valence-corrected chi connectivity index (χ1v) is 20.2. The highest BCUT2D eigenvalue weighted by atomic mass is 16.6. The molecule has 1 aliphatic carbocycles. The van der Waals surface area contributed by atoms with Crippen LogP contribution in [-0.2, 0) is 14.3 Å².